The number of benzene rings is 3. The number of amides is 3. The Labute approximate surface area is 208 Å². The second-order valence-electron chi connectivity index (χ2n) is 6.87. The first-order valence-corrected chi connectivity index (χ1v) is 10.9. The van der Waals surface area contributed by atoms with Crippen molar-refractivity contribution in [2.24, 2.45) is 0 Å². The summed E-state index contributed by atoms with van der Waals surface area (Å²) >= 11 is 24.1. The standard InChI is InChI=1S/C23H13Cl4N3O3/c24-15-10-9-14(11-17(15)26)30-22(32)19(27)20(23(30)33)28-13-7-5-12(6-8-13)21(31)29-18-4-2-1-3-16(18)25/h1-11,28H,(H,29,31). The second-order valence-corrected chi connectivity index (χ2v) is 8.47. The van der Waals surface area contributed by atoms with Gasteiger partial charge in [-0.15, -0.1) is 0 Å². The first-order valence-electron chi connectivity index (χ1n) is 9.43. The van der Waals surface area contributed by atoms with E-state index in [2.05, 4.69) is 10.6 Å². The molecule has 3 amide bonds. The normalized spacial score (nSPS) is 13.5. The number of carbonyl (C=O) groups excluding carboxylic acids is 3. The minimum Gasteiger partial charge on any atom is -0.350 e. The fourth-order valence-electron chi connectivity index (χ4n) is 3.08. The topological polar surface area (TPSA) is 78.5 Å². The summed E-state index contributed by atoms with van der Waals surface area (Å²) in [4.78, 5) is 38.9. The zero-order valence-corrected chi connectivity index (χ0v) is 19.6. The zero-order chi connectivity index (χ0) is 23.7. The maximum Gasteiger partial charge on any atom is 0.283 e. The number of para-hydroxylation sites is 1. The molecule has 0 radical (unpaired) electrons. The maximum atomic E-state index is 12.9. The molecule has 6 nitrogen and oxygen atoms in total. The fraction of sp³-hybridized carbons (Fsp3) is 0. The van der Waals surface area contributed by atoms with Crippen molar-refractivity contribution >= 4 is 81.2 Å². The van der Waals surface area contributed by atoms with Gasteiger partial charge in [-0.3, -0.25) is 14.4 Å². The number of hydrogen-bond acceptors (Lipinski definition) is 4. The van der Waals surface area contributed by atoms with E-state index >= 15 is 0 Å². The number of imide groups is 1. The molecule has 0 saturated heterocycles. The van der Waals surface area contributed by atoms with Crippen LogP contribution in [0, 0.1) is 0 Å². The summed E-state index contributed by atoms with van der Waals surface area (Å²) in [6.07, 6.45) is 0. The van der Waals surface area contributed by atoms with Crippen LogP contribution >= 0.6 is 46.4 Å². The van der Waals surface area contributed by atoms with Crippen LogP contribution in [0.2, 0.25) is 15.1 Å². The third kappa shape index (κ3) is 4.70. The Balaban J connectivity index is 1.50. The number of rotatable bonds is 5. The first kappa shape index (κ1) is 23.1. The van der Waals surface area contributed by atoms with Crippen molar-refractivity contribution in [3.05, 3.63) is 98.1 Å². The molecule has 0 spiro atoms. The van der Waals surface area contributed by atoms with E-state index in [9.17, 15) is 14.4 Å². The minimum absolute atomic E-state index is 0.0963. The number of halogens is 4. The van der Waals surface area contributed by atoms with Crippen LogP contribution in [-0.4, -0.2) is 17.7 Å². The highest BCUT2D eigenvalue weighted by atomic mass is 35.5. The molecule has 33 heavy (non-hydrogen) atoms. The third-order valence-electron chi connectivity index (χ3n) is 4.73. The molecule has 0 unspecified atom stereocenters. The highest BCUT2D eigenvalue weighted by Crippen LogP contribution is 2.33. The molecule has 0 bridgehead atoms. The highest BCUT2D eigenvalue weighted by Gasteiger charge is 2.39. The number of hydrogen-bond donors (Lipinski definition) is 2. The van der Waals surface area contributed by atoms with Gasteiger partial charge in [-0.2, -0.15) is 0 Å². The van der Waals surface area contributed by atoms with Crippen LogP contribution < -0.4 is 15.5 Å². The van der Waals surface area contributed by atoms with Gasteiger partial charge in [-0.1, -0.05) is 58.5 Å². The summed E-state index contributed by atoms with van der Waals surface area (Å²) in [5, 5.41) is 6.20. The van der Waals surface area contributed by atoms with E-state index in [0.29, 0.717) is 22.0 Å². The van der Waals surface area contributed by atoms with E-state index in [4.69, 9.17) is 46.4 Å². The molecule has 0 saturated carbocycles. The summed E-state index contributed by atoms with van der Waals surface area (Å²) in [5.74, 6) is -1.70. The van der Waals surface area contributed by atoms with Crippen LogP contribution in [0.5, 0.6) is 0 Å². The van der Waals surface area contributed by atoms with Crippen LogP contribution in [0.1, 0.15) is 10.4 Å². The Morgan fingerprint density at radius 1 is 0.758 bits per heavy atom. The summed E-state index contributed by atoms with van der Waals surface area (Å²) in [5.41, 5.74) is 1.45. The predicted molar refractivity (Wildman–Crippen MR) is 131 cm³/mol. The van der Waals surface area contributed by atoms with Gasteiger partial charge in [-0.05, 0) is 54.6 Å². The molecule has 166 valence electrons. The lowest BCUT2D eigenvalue weighted by atomic mass is 10.2. The number of carbonyl (C=O) groups is 3. The van der Waals surface area contributed by atoms with Gasteiger partial charge in [0.25, 0.3) is 17.7 Å². The van der Waals surface area contributed by atoms with Crippen LogP contribution in [0.25, 0.3) is 0 Å². The van der Waals surface area contributed by atoms with Gasteiger partial charge in [0.15, 0.2) is 0 Å². The monoisotopic (exact) mass is 519 g/mol. The van der Waals surface area contributed by atoms with Crippen molar-refractivity contribution in [3.63, 3.8) is 0 Å². The van der Waals surface area contributed by atoms with E-state index in [1.54, 1.807) is 48.5 Å². The Bertz CT molecular complexity index is 1320. The number of anilines is 3. The Kier molecular flexibility index (Phi) is 6.63. The van der Waals surface area contributed by atoms with Crippen molar-refractivity contribution in [3.8, 4) is 0 Å². The average Bonchev–Trinajstić information content (AvgIpc) is 3.01. The van der Waals surface area contributed by atoms with Crippen LogP contribution in [0.4, 0.5) is 17.1 Å². The molecule has 1 heterocycles. The molecule has 0 aromatic heterocycles. The van der Waals surface area contributed by atoms with Crippen LogP contribution in [0.15, 0.2) is 77.5 Å². The van der Waals surface area contributed by atoms with Crippen LogP contribution in [0.3, 0.4) is 0 Å². The minimum atomic E-state index is -0.696. The molecule has 3 aromatic rings. The van der Waals surface area contributed by atoms with Crippen molar-refractivity contribution in [2.75, 3.05) is 15.5 Å². The second kappa shape index (κ2) is 9.45. The van der Waals surface area contributed by atoms with E-state index in [0.717, 1.165) is 4.90 Å². The van der Waals surface area contributed by atoms with Gasteiger partial charge in [0.2, 0.25) is 0 Å². The SMILES string of the molecule is O=C(Nc1ccccc1Cl)c1ccc(NC2=C(Cl)C(=O)N(c3ccc(Cl)c(Cl)c3)C2=O)cc1. The van der Waals surface area contributed by atoms with Crippen LogP contribution in [-0.2, 0) is 9.59 Å². The molecule has 0 aliphatic carbocycles. The highest BCUT2D eigenvalue weighted by molar-refractivity contribution is 6.53. The molecule has 3 aromatic carbocycles. The fourth-order valence-corrected chi connectivity index (χ4v) is 3.76. The summed E-state index contributed by atoms with van der Waals surface area (Å²) in [6.45, 7) is 0. The molecule has 0 atom stereocenters. The lowest BCUT2D eigenvalue weighted by Crippen LogP contribution is -2.32. The van der Waals surface area contributed by atoms with Crippen molar-refractivity contribution in [2.45, 2.75) is 0 Å². The molecule has 1 aliphatic rings. The van der Waals surface area contributed by atoms with E-state index in [1.807, 2.05) is 0 Å². The van der Waals surface area contributed by atoms with E-state index < -0.39 is 11.8 Å². The Hall–Kier alpha value is -3.03. The summed E-state index contributed by atoms with van der Waals surface area (Å²) in [7, 11) is 0. The lowest BCUT2D eigenvalue weighted by Gasteiger charge is -2.15. The van der Waals surface area contributed by atoms with Gasteiger partial charge in [0, 0.05) is 11.3 Å². The van der Waals surface area contributed by atoms with E-state index in [1.165, 1.54) is 18.2 Å². The summed E-state index contributed by atoms with van der Waals surface area (Å²) in [6, 6.07) is 17.5. The van der Waals surface area contributed by atoms with Gasteiger partial charge >= 0.3 is 0 Å². The molecule has 4 rings (SSSR count). The molecule has 10 heteroatoms. The lowest BCUT2D eigenvalue weighted by molar-refractivity contribution is -0.120. The smallest absolute Gasteiger partial charge is 0.283 e. The van der Waals surface area contributed by atoms with Gasteiger partial charge in [-0.25, -0.2) is 4.90 Å². The van der Waals surface area contributed by atoms with Crippen molar-refractivity contribution in [1.82, 2.24) is 0 Å². The molecule has 1 aliphatic heterocycles. The largest absolute Gasteiger partial charge is 0.350 e. The number of nitrogens with zero attached hydrogens (tertiary/aromatic N) is 1. The average molecular weight is 521 g/mol. The molecule has 2 N–H and O–H groups in total. The molecule has 0 fully saturated rings. The Morgan fingerprint density at radius 3 is 2.12 bits per heavy atom. The summed E-state index contributed by atoms with van der Waals surface area (Å²) < 4.78 is 0. The third-order valence-corrected chi connectivity index (χ3v) is 6.15. The first-order chi connectivity index (χ1) is 15.8. The van der Waals surface area contributed by atoms with Gasteiger partial charge in [0.05, 0.1) is 26.4 Å². The Morgan fingerprint density at radius 2 is 1.45 bits per heavy atom. The van der Waals surface area contributed by atoms with Gasteiger partial charge < -0.3 is 10.6 Å². The van der Waals surface area contributed by atoms with E-state index in [-0.39, 0.29) is 32.4 Å². The molecular weight excluding hydrogens is 508 g/mol. The van der Waals surface area contributed by atoms with Gasteiger partial charge in [0.1, 0.15) is 10.7 Å². The molecular formula is C23H13Cl4N3O3. The predicted octanol–water partition coefficient (Wildman–Crippen LogP) is 6.33. The maximum absolute atomic E-state index is 12.9. The van der Waals surface area contributed by atoms with Crippen molar-refractivity contribution in [1.29, 1.82) is 0 Å². The number of nitrogens with one attached hydrogen (secondary N) is 2. The zero-order valence-electron chi connectivity index (χ0n) is 16.5. The quantitative estimate of drug-likeness (QED) is 0.385. The van der Waals surface area contributed by atoms with Crippen molar-refractivity contribution < 1.29 is 14.4 Å².